The van der Waals surface area contributed by atoms with Gasteiger partial charge >= 0.3 is 17.9 Å². The Bertz CT molecular complexity index is 1270. The highest BCUT2D eigenvalue weighted by molar-refractivity contribution is 5.71. The molecule has 0 fully saturated rings. The number of carbonyl (C=O) groups is 3. The number of esters is 3. The molecule has 0 bridgehead atoms. The Kier molecular flexibility index (Phi) is 66.6. The molecule has 0 radical (unpaired) electrons. The Morgan fingerprint density at radius 2 is 0.418 bits per heavy atom. The van der Waals surface area contributed by atoms with Gasteiger partial charge in [0.1, 0.15) is 13.2 Å². The van der Waals surface area contributed by atoms with E-state index in [4.69, 9.17) is 14.2 Å². The molecule has 1 unspecified atom stereocenters. The van der Waals surface area contributed by atoms with Gasteiger partial charge < -0.3 is 14.2 Å². The van der Waals surface area contributed by atoms with Gasteiger partial charge in [0.05, 0.1) is 0 Å². The number of rotatable bonds is 67. The maximum atomic E-state index is 12.9. The average Bonchev–Trinajstić information content (AvgIpc) is 3.45. The monoisotopic (exact) mass is 1110 g/mol. The van der Waals surface area contributed by atoms with Crippen molar-refractivity contribution in [2.45, 2.75) is 412 Å². The normalized spacial score (nSPS) is 12.1. The molecular formula is C73H138O6. The maximum absolute atomic E-state index is 12.9. The van der Waals surface area contributed by atoms with Crippen LogP contribution in [0, 0.1) is 0 Å². The van der Waals surface area contributed by atoms with E-state index in [0.717, 1.165) is 64.2 Å². The van der Waals surface area contributed by atoms with Crippen LogP contribution in [-0.2, 0) is 28.6 Å². The molecule has 0 amide bonds. The number of ether oxygens (including phenoxy) is 3. The molecule has 0 spiro atoms. The highest BCUT2D eigenvalue weighted by Crippen LogP contribution is 2.19. The zero-order valence-corrected chi connectivity index (χ0v) is 53.7. The molecule has 0 heterocycles. The second kappa shape index (κ2) is 68.4. The predicted octanol–water partition coefficient (Wildman–Crippen LogP) is 24.6. The van der Waals surface area contributed by atoms with Gasteiger partial charge in [-0.05, 0) is 70.6 Å². The molecule has 0 aliphatic heterocycles. The van der Waals surface area contributed by atoms with E-state index in [1.54, 1.807) is 0 Å². The van der Waals surface area contributed by atoms with Crippen molar-refractivity contribution in [1.29, 1.82) is 0 Å². The van der Waals surface area contributed by atoms with Gasteiger partial charge in [0.2, 0.25) is 0 Å². The van der Waals surface area contributed by atoms with Gasteiger partial charge in [0.15, 0.2) is 6.10 Å². The average molecular weight is 1110 g/mol. The molecule has 0 rings (SSSR count). The van der Waals surface area contributed by atoms with Crippen molar-refractivity contribution in [2.24, 2.45) is 0 Å². The van der Waals surface area contributed by atoms with Crippen LogP contribution in [0.25, 0.3) is 0 Å². The first-order valence-corrected chi connectivity index (χ1v) is 35.8. The highest BCUT2D eigenvalue weighted by atomic mass is 16.6. The van der Waals surface area contributed by atoms with Crippen LogP contribution < -0.4 is 0 Å². The maximum Gasteiger partial charge on any atom is 0.306 e. The van der Waals surface area contributed by atoms with Crippen molar-refractivity contribution >= 4 is 17.9 Å². The first kappa shape index (κ1) is 76.9. The van der Waals surface area contributed by atoms with Crippen molar-refractivity contribution in [1.82, 2.24) is 0 Å². The molecule has 0 N–H and O–H groups in total. The van der Waals surface area contributed by atoms with Gasteiger partial charge in [-0.1, -0.05) is 340 Å². The van der Waals surface area contributed by atoms with Gasteiger partial charge in [0.25, 0.3) is 0 Å². The van der Waals surface area contributed by atoms with Crippen LogP contribution in [0.15, 0.2) is 24.3 Å². The third-order valence-corrected chi connectivity index (χ3v) is 16.4. The summed E-state index contributed by atoms with van der Waals surface area (Å²) in [6.45, 7) is 6.68. The Balaban J connectivity index is 4.12. The Labute approximate surface area is 493 Å². The first-order chi connectivity index (χ1) is 39.0. The summed E-state index contributed by atoms with van der Waals surface area (Å²) in [7, 11) is 0. The molecule has 1 atom stereocenters. The lowest BCUT2D eigenvalue weighted by Crippen LogP contribution is -2.30. The molecular weight excluding hydrogens is 973 g/mol. The SMILES string of the molecule is CCCCCC/C=C\CCCCCCCC(=O)OCC(COC(=O)CCCCCCCCCCCCCCCCCCCCCCCCCCCCCCCCC)OC(=O)CCCCCCCCC/C=C\CCCCCCCC. The summed E-state index contributed by atoms with van der Waals surface area (Å²) in [5.41, 5.74) is 0. The van der Waals surface area contributed by atoms with Crippen molar-refractivity contribution < 1.29 is 28.6 Å². The molecule has 0 aliphatic rings. The van der Waals surface area contributed by atoms with Gasteiger partial charge in [-0.3, -0.25) is 14.4 Å². The third kappa shape index (κ3) is 66.6. The van der Waals surface area contributed by atoms with E-state index in [9.17, 15) is 14.4 Å². The van der Waals surface area contributed by atoms with E-state index in [0.29, 0.717) is 19.3 Å². The van der Waals surface area contributed by atoms with Crippen LogP contribution in [0.2, 0.25) is 0 Å². The fourth-order valence-electron chi connectivity index (χ4n) is 11.0. The van der Waals surface area contributed by atoms with E-state index in [-0.39, 0.29) is 31.1 Å². The molecule has 0 aromatic heterocycles. The molecule has 0 saturated heterocycles. The zero-order valence-electron chi connectivity index (χ0n) is 53.7. The summed E-state index contributed by atoms with van der Waals surface area (Å²) in [5, 5.41) is 0. The van der Waals surface area contributed by atoms with Crippen LogP contribution in [0.5, 0.6) is 0 Å². The summed E-state index contributed by atoms with van der Waals surface area (Å²) in [5.74, 6) is -0.856. The van der Waals surface area contributed by atoms with Crippen LogP contribution in [0.4, 0.5) is 0 Å². The van der Waals surface area contributed by atoms with Crippen molar-refractivity contribution in [3.05, 3.63) is 24.3 Å². The molecule has 6 heteroatoms. The summed E-state index contributed by atoms with van der Waals surface area (Å²) in [4.78, 5) is 38.4. The molecule has 0 aromatic rings. The summed E-state index contributed by atoms with van der Waals surface area (Å²) in [6, 6.07) is 0. The van der Waals surface area contributed by atoms with E-state index in [1.165, 1.54) is 302 Å². The Hall–Kier alpha value is -2.11. The van der Waals surface area contributed by atoms with Crippen LogP contribution in [0.1, 0.15) is 406 Å². The van der Waals surface area contributed by atoms with Crippen LogP contribution in [0.3, 0.4) is 0 Å². The number of allylic oxidation sites excluding steroid dienone is 4. The second-order valence-corrected chi connectivity index (χ2v) is 24.5. The fourth-order valence-corrected chi connectivity index (χ4v) is 11.0. The Morgan fingerprint density at radius 1 is 0.241 bits per heavy atom. The minimum Gasteiger partial charge on any atom is -0.462 e. The first-order valence-electron chi connectivity index (χ1n) is 35.8. The van der Waals surface area contributed by atoms with E-state index in [1.807, 2.05) is 0 Å². The molecule has 79 heavy (non-hydrogen) atoms. The predicted molar refractivity (Wildman–Crippen MR) is 344 cm³/mol. The number of hydrogen-bond donors (Lipinski definition) is 0. The van der Waals surface area contributed by atoms with E-state index >= 15 is 0 Å². The van der Waals surface area contributed by atoms with Crippen molar-refractivity contribution in [2.75, 3.05) is 13.2 Å². The lowest BCUT2D eigenvalue weighted by Gasteiger charge is -2.18. The summed E-state index contributed by atoms with van der Waals surface area (Å²) < 4.78 is 17.0. The smallest absolute Gasteiger partial charge is 0.306 e. The lowest BCUT2D eigenvalue weighted by molar-refractivity contribution is -0.167. The topological polar surface area (TPSA) is 78.9 Å². The van der Waals surface area contributed by atoms with Crippen molar-refractivity contribution in [3.63, 3.8) is 0 Å². The largest absolute Gasteiger partial charge is 0.462 e. The summed E-state index contributed by atoms with van der Waals surface area (Å²) in [6.07, 6.45) is 83.7. The number of carbonyl (C=O) groups excluding carboxylic acids is 3. The fraction of sp³-hybridized carbons (Fsp3) is 0.904. The lowest BCUT2D eigenvalue weighted by atomic mass is 10.0. The van der Waals surface area contributed by atoms with Gasteiger partial charge in [-0.15, -0.1) is 0 Å². The van der Waals surface area contributed by atoms with Gasteiger partial charge in [0, 0.05) is 19.3 Å². The zero-order chi connectivity index (χ0) is 57.1. The Morgan fingerprint density at radius 3 is 0.646 bits per heavy atom. The minimum absolute atomic E-state index is 0.0705. The molecule has 466 valence electrons. The quantitative estimate of drug-likeness (QED) is 0.0261. The van der Waals surface area contributed by atoms with Crippen LogP contribution >= 0.6 is 0 Å². The molecule has 0 saturated carbocycles. The molecule has 6 nitrogen and oxygen atoms in total. The summed E-state index contributed by atoms with van der Waals surface area (Å²) >= 11 is 0. The second-order valence-electron chi connectivity index (χ2n) is 24.5. The van der Waals surface area contributed by atoms with Gasteiger partial charge in [-0.25, -0.2) is 0 Å². The molecule has 0 aliphatic carbocycles. The minimum atomic E-state index is -0.775. The number of hydrogen-bond acceptors (Lipinski definition) is 6. The van der Waals surface area contributed by atoms with Gasteiger partial charge in [-0.2, -0.15) is 0 Å². The standard InChI is InChI=1S/C73H138O6/c1-4-7-10-13-16-19-22-25-27-29-30-31-32-33-34-35-36-37-38-39-40-41-42-44-45-48-51-54-57-60-63-66-72(75)78-69-70(68-77-71(74)65-62-59-56-53-50-47-24-21-18-15-12-9-6-3)79-73(76)67-64-61-58-55-52-49-46-43-28-26-23-20-17-14-11-8-5-2/h21,24,26,28,70H,4-20,22-23,25,27,29-69H2,1-3H3/b24-21-,28-26-. The number of unbranched alkanes of at least 4 members (excludes halogenated alkanes) is 52. The highest BCUT2D eigenvalue weighted by Gasteiger charge is 2.19. The van der Waals surface area contributed by atoms with E-state index < -0.39 is 6.10 Å². The van der Waals surface area contributed by atoms with Crippen LogP contribution in [-0.4, -0.2) is 37.2 Å². The van der Waals surface area contributed by atoms with E-state index in [2.05, 4.69) is 45.1 Å². The molecule has 0 aromatic carbocycles. The van der Waals surface area contributed by atoms with Crippen molar-refractivity contribution in [3.8, 4) is 0 Å². The third-order valence-electron chi connectivity index (χ3n) is 16.4.